The first-order valence-corrected chi connectivity index (χ1v) is 17.5. The maximum absolute atomic E-state index is 13.2. The van der Waals surface area contributed by atoms with Crippen LogP contribution < -0.4 is 29.6 Å². The van der Waals surface area contributed by atoms with E-state index < -0.39 is 0 Å². The van der Waals surface area contributed by atoms with Gasteiger partial charge in [0, 0.05) is 36.4 Å². The number of carbonyl (C=O) groups is 4. The molecule has 50 heavy (non-hydrogen) atoms. The fraction of sp³-hybridized carbons (Fsp3) is 0.257. The Morgan fingerprint density at radius 2 is 1.10 bits per heavy atom. The predicted molar refractivity (Wildman–Crippen MR) is 184 cm³/mol. The average Bonchev–Trinajstić information content (AvgIpc) is 3.94. The van der Waals surface area contributed by atoms with Crippen molar-refractivity contribution >= 4 is 45.8 Å². The topological polar surface area (TPSA) is 158 Å². The molecule has 2 aliphatic carbocycles. The Bertz CT molecular complexity index is 2000. The number of fused-ring (bicyclic) bond motifs is 4. The Labute approximate surface area is 293 Å². The monoisotopic (exact) mass is 711 g/mol. The average molecular weight is 712 g/mol. The van der Waals surface area contributed by atoms with Gasteiger partial charge in [-0.1, -0.05) is 0 Å². The van der Waals surface area contributed by atoms with Gasteiger partial charge in [0.15, 0.2) is 23.0 Å². The molecule has 0 atom stereocenters. The summed E-state index contributed by atoms with van der Waals surface area (Å²) >= 11 is 2.38. The maximum Gasteiger partial charge on any atom is 0.231 e. The Morgan fingerprint density at radius 1 is 0.660 bits per heavy atom. The molecule has 2 aromatic carbocycles. The molecule has 8 rings (SSSR count). The standard InChI is InChI=1S/C35H29N5O8S2/c1-40(10-2-8-36-20-14-22(41)28-32(30(20)43)49-34(38-28)18-4-6-24-26(12-18)47-16-45-24)11-3-9-37-21-15-23(42)29-33(31(21)44)50-35(39-29)19-5-7-25-27(13-19)48-17-46-25/h4-7,12-15,36-37H,2-3,8-11,16-17H2,1H3. The van der Waals surface area contributed by atoms with E-state index in [1.165, 1.54) is 34.8 Å². The van der Waals surface area contributed by atoms with Crippen LogP contribution in [0, 0.1) is 0 Å². The highest BCUT2D eigenvalue weighted by molar-refractivity contribution is 7.18. The second-order valence-corrected chi connectivity index (χ2v) is 13.9. The summed E-state index contributed by atoms with van der Waals surface area (Å²) in [4.78, 5) is 63.8. The fourth-order valence-electron chi connectivity index (χ4n) is 5.88. The minimum absolute atomic E-state index is 0.155. The van der Waals surface area contributed by atoms with Gasteiger partial charge in [-0.25, -0.2) is 9.97 Å². The molecule has 4 aliphatic rings. The van der Waals surface area contributed by atoms with Crippen molar-refractivity contribution in [3.63, 3.8) is 0 Å². The lowest BCUT2D eigenvalue weighted by molar-refractivity contribution is 0.0978. The lowest BCUT2D eigenvalue weighted by Gasteiger charge is -2.18. The number of nitrogens with zero attached hydrogens (tertiary/aromatic N) is 3. The summed E-state index contributed by atoms with van der Waals surface area (Å²) in [5.74, 6) is 1.39. The number of carbonyl (C=O) groups excluding carboxylic acids is 4. The summed E-state index contributed by atoms with van der Waals surface area (Å²) < 4.78 is 21.6. The number of ether oxygens (including phenoxy) is 4. The Morgan fingerprint density at radius 3 is 1.56 bits per heavy atom. The van der Waals surface area contributed by atoms with Crippen molar-refractivity contribution in [3.05, 3.63) is 81.1 Å². The third-order valence-electron chi connectivity index (χ3n) is 8.48. The quantitative estimate of drug-likeness (QED) is 0.198. The summed E-state index contributed by atoms with van der Waals surface area (Å²) in [6.45, 7) is 2.81. The van der Waals surface area contributed by atoms with Crippen LogP contribution in [0.15, 0.2) is 59.9 Å². The number of nitrogens with one attached hydrogen (secondary N) is 2. The van der Waals surface area contributed by atoms with Crippen molar-refractivity contribution in [2.45, 2.75) is 12.8 Å². The number of aromatic nitrogens is 2. The number of ketones is 4. The Hall–Kier alpha value is -5.38. The molecule has 0 amide bonds. The van der Waals surface area contributed by atoms with Crippen LogP contribution in [0.5, 0.6) is 23.0 Å². The predicted octanol–water partition coefficient (Wildman–Crippen LogP) is 4.51. The minimum atomic E-state index is -0.306. The van der Waals surface area contributed by atoms with Gasteiger partial charge >= 0.3 is 0 Å². The van der Waals surface area contributed by atoms with Gasteiger partial charge in [-0.2, -0.15) is 0 Å². The van der Waals surface area contributed by atoms with Gasteiger partial charge in [-0.05, 0) is 69.4 Å². The molecular weight excluding hydrogens is 683 g/mol. The zero-order valence-electron chi connectivity index (χ0n) is 26.7. The van der Waals surface area contributed by atoms with E-state index in [2.05, 4.69) is 25.5 Å². The van der Waals surface area contributed by atoms with Gasteiger partial charge in [-0.15, -0.1) is 22.7 Å². The molecule has 0 bridgehead atoms. The van der Waals surface area contributed by atoms with Crippen molar-refractivity contribution in [3.8, 4) is 44.1 Å². The van der Waals surface area contributed by atoms with Gasteiger partial charge in [0.2, 0.25) is 36.7 Å². The molecule has 2 aromatic heterocycles. The molecule has 254 valence electrons. The highest BCUT2D eigenvalue weighted by Crippen LogP contribution is 2.40. The smallest absolute Gasteiger partial charge is 0.231 e. The van der Waals surface area contributed by atoms with E-state index in [-0.39, 0.29) is 59.5 Å². The van der Waals surface area contributed by atoms with Crippen molar-refractivity contribution in [2.75, 3.05) is 46.8 Å². The molecule has 0 saturated heterocycles. The van der Waals surface area contributed by atoms with Gasteiger partial charge in [0.05, 0.1) is 11.4 Å². The van der Waals surface area contributed by atoms with E-state index in [9.17, 15) is 19.2 Å². The fourth-order valence-corrected chi connectivity index (χ4v) is 7.92. The highest BCUT2D eigenvalue weighted by atomic mass is 32.1. The number of Topliss-reactive ketones (excluding diaryl/α,β-unsaturated/α-hetero) is 2. The molecular formula is C35H29N5O8S2. The normalized spacial score (nSPS) is 15.6. The van der Waals surface area contributed by atoms with Crippen LogP contribution in [0.4, 0.5) is 0 Å². The molecule has 2 aliphatic heterocycles. The third kappa shape index (κ3) is 6.03. The first kappa shape index (κ1) is 31.9. The largest absolute Gasteiger partial charge is 0.454 e. The van der Waals surface area contributed by atoms with Gasteiger partial charge in [0.1, 0.15) is 31.2 Å². The number of allylic oxidation sites excluding steroid dienone is 4. The SMILES string of the molecule is CN(CCCNC1=CC(=O)c2nc(-c3ccc4c(c3)OCO4)sc2C1=O)CCCNC1=CC(=O)c2nc(-c3ccc4c(c3)OCO4)sc2C1=O. The lowest BCUT2D eigenvalue weighted by atomic mass is 10.0. The number of hydrogen-bond acceptors (Lipinski definition) is 15. The number of rotatable bonds is 12. The van der Waals surface area contributed by atoms with Crippen LogP contribution in [-0.2, 0) is 0 Å². The van der Waals surface area contributed by atoms with E-state index in [0.29, 0.717) is 55.9 Å². The highest BCUT2D eigenvalue weighted by Gasteiger charge is 2.32. The van der Waals surface area contributed by atoms with Gasteiger partial charge in [-0.3, -0.25) is 19.2 Å². The van der Waals surface area contributed by atoms with E-state index in [4.69, 9.17) is 18.9 Å². The zero-order chi connectivity index (χ0) is 34.4. The molecule has 4 heterocycles. The second-order valence-electron chi connectivity index (χ2n) is 11.9. The van der Waals surface area contributed by atoms with E-state index in [0.717, 1.165) is 37.1 Å². The van der Waals surface area contributed by atoms with E-state index >= 15 is 0 Å². The lowest BCUT2D eigenvalue weighted by Crippen LogP contribution is -2.31. The summed E-state index contributed by atoms with van der Waals surface area (Å²) in [5.41, 5.74) is 2.36. The minimum Gasteiger partial charge on any atom is -0.454 e. The van der Waals surface area contributed by atoms with Crippen molar-refractivity contribution < 1.29 is 38.1 Å². The van der Waals surface area contributed by atoms with Crippen LogP contribution in [-0.4, -0.2) is 84.8 Å². The molecule has 0 unspecified atom stereocenters. The molecule has 2 N–H and O–H groups in total. The first-order valence-electron chi connectivity index (χ1n) is 15.9. The van der Waals surface area contributed by atoms with Crippen molar-refractivity contribution in [1.82, 2.24) is 25.5 Å². The Kier molecular flexibility index (Phi) is 8.38. The summed E-state index contributed by atoms with van der Waals surface area (Å²) in [5, 5.41) is 7.40. The number of thiazole rings is 2. The maximum atomic E-state index is 13.2. The number of benzene rings is 2. The summed E-state index contributed by atoms with van der Waals surface area (Å²) in [7, 11) is 1.99. The summed E-state index contributed by atoms with van der Waals surface area (Å²) in [6, 6.07) is 10.8. The first-order chi connectivity index (χ1) is 24.3. The van der Waals surface area contributed by atoms with Crippen LogP contribution in [0.2, 0.25) is 0 Å². The van der Waals surface area contributed by atoms with Crippen molar-refractivity contribution in [2.24, 2.45) is 0 Å². The molecule has 15 heteroatoms. The molecule has 0 spiro atoms. The number of hydrogen-bond donors (Lipinski definition) is 2. The molecule has 0 saturated carbocycles. The molecule has 4 aromatic rings. The second kappa shape index (κ2) is 13.2. The van der Waals surface area contributed by atoms with Gasteiger partial charge < -0.3 is 34.5 Å². The van der Waals surface area contributed by atoms with Crippen molar-refractivity contribution in [1.29, 1.82) is 0 Å². The van der Waals surface area contributed by atoms with Crippen LogP contribution in [0.25, 0.3) is 21.1 Å². The third-order valence-corrected chi connectivity index (χ3v) is 10.7. The molecule has 13 nitrogen and oxygen atoms in total. The Balaban J connectivity index is 0.782. The zero-order valence-corrected chi connectivity index (χ0v) is 28.3. The van der Waals surface area contributed by atoms with Gasteiger partial charge in [0.25, 0.3) is 0 Å². The summed E-state index contributed by atoms with van der Waals surface area (Å²) in [6.07, 6.45) is 4.11. The van der Waals surface area contributed by atoms with E-state index in [1.54, 1.807) is 24.3 Å². The molecule has 0 radical (unpaired) electrons. The van der Waals surface area contributed by atoms with Crippen LogP contribution >= 0.6 is 22.7 Å². The molecule has 0 fully saturated rings. The van der Waals surface area contributed by atoms with Crippen LogP contribution in [0.1, 0.15) is 53.2 Å². The van der Waals surface area contributed by atoms with E-state index in [1.807, 2.05) is 19.2 Å². The van der Waals surface area contributed by atoms with Crippen LogP contribution in [0.3, 0.4) is 0 Å².